The molecule has 4 fully saturated rings. The van der Waals surface area contributed by atoms with Gasteiger partial charge in [0.25, 0.3) is 0 Å². The minimum atomic E-state index is 0.0540. The second-order valence-corrected chi connectivity index (χ2v) is 7.57. The summed E-state index contributed by atoms with van der Waals surface area (Å²) in [7, 11) is 1.66. The van der Waals surface area contributed by atoms with Crippen LogP contribution >= 0.6 is 0 Å². The third-order valence-corrected chi connectivity index (χ3v) is 6.08. The molecular weight excluding hydrogens is 286 g/mol. The van der Waals surface area contributed by atoms with Crippen LogP contribution in [0.4, 0.5) is 0 Å². The minimum absolute atomic E-state index is 0.0540. The smallest absolute Gasteiger partial charge is 0.244 e. The summed E-state index contributed by atoms with van der Waals surface area (Å²) < 4.78 is 5.15. The third kappa shape index (κ3) is 3.01. The van der Waals surface area contributed by atoms with Crippen molar-refractivity contribution in [2.24, 2.45) is 23.7 Å². The third-order valence-electron chi connectivity index (χ3n) is 6.08. The van der Waals surface area contributed by atoms with E-state index in [4.69, 9.17) is 4.74 Å². The Bertz CT molecular complexity index is 577. The van der Waals surface area contributed by atoms with Crippen molar-refractivity contribution in [1.29, 1.82) is 0 Å². The van der Waals surface area contributed by atoms with Crippen LogP contribution in [0.3, 0.4) is 0 Å². The van der Waals surface area contributed by atoms with E-state index in [1.165, 1.54) is 32.1 Å². The van der Waals surface area contributed by atoms with Gasteiger partial charge in [-0.1, -0.05) is 12.1 Å². The Labute approximate surface area is 138 Å². The molecule has 1 amide bonds. The first-order valence-corrected chi connectivity index (χ1v) is 8.84. The molecule has 0 spiro atoms. The van der Waals surface area contributed by atoms with E-state index in [0.29, 0.717) is 6.04 Å². The molecule has 1 aromatic carbocycles. The zero-order chi connectivity index (χ0) is 15.8. The van der Waals surface area contributed by atoms with Gasteiger partial charge in [-0.05, 0) is 79.5 Å². The van der Waals surface area contributed by atoms with E-state index in [2.05, 4.69) is 5.32 Å². The van der Waals surface area contributed by atoms with Gasteiger partial charge in [0.05, 0.1) is 7.11 Å². The predicted octanol–water partition coefficient (Wildman–Crippen LogP) is 3.65. The van der Waals surface area contributed by atoms with E-state index >= 15 is 0 Å². The summed E-state index contributed by atoms with van der Waals surface area (Å²) in [6.45, 7) is 0. The lowest BCUT2D eigenvalue weighted by molar-refractivity contribution is -0.120. The highest BCUT2D eigenvalue weighted by atomic mass is 16.5. The van der Waals surface area contributed by atoms with Gasteiger partial charge in [0.1, 0.15) is 5.75 Å². The topological polar surface area (TPSA) is 38.3 Å². The van der Waals surface area contributed by atoms with Crippen LogP contribution in [0.2, 0.25) is 0 Å². The molecule has 0 unspecified atom stereocenters. The van der Waals surface area contributed by atoms with Gasteiger partial charge < -0.3 is 10.1 Å². The molecule has 0 saturated heterocycles. The van der Waals surface area contributed by atoms with E-state index in [-0.39, 0.29) is 5.91 Å². The Morgan fingerprint density at radius 1 is 1.04 bits per heavy atom. The molecule has 0 aromatic heterocycles. The molecule has 0 heterocycles. The first-order chi connectivity index (χ1) is 11.2. The second-order valence-electron chi connectivity index (χ2n) is 7.57. The SMILES string of the molecule is COc1ccc(/C=C/C(=O)NC2C3CC4CC(C3)CC2C4)cc1. The van der Waals surface area contributed by atoms with Gasteiger partial charge in [0, 0.05) is 12.1 Å². The van der Waals surface area contributed by atoms with E-state index in [9.17, 15) is 4.79 Å². The van der Waals surface area contributed by atoms with Gasteiger partial charge in [-0.2, -0.15) is 0 Å². The molecule has 4 aliphatic rings. The number of hydrogen-bond acceptors (Lipinski definition) is 2. The predicted molar refractivity (Wildman–Crippen MR) is 91.0 cm³/mol. The molecule has 0 radical (unpaired) electrons. The molecule has 0 atom stereocenters. The minimum Gasteiger partial charge on any atom is -0.497 e. The van der Waals surface area contributed by atoms with E-state index < -0.39 is 0 Å². The lowest BCUT2D eigenvalue weighted by Gasteiger charge is -2.54. The summed E-state index contributed by atoms with van der Waals surface area (Å²) >= 11 is 0. The molecule has 3 nitrogen and oxygen atoms in total. The normalized spacial score (nSPS) is 34.7. The van der Waals surface area contributed by atoms with Gasteiger partial charge in [-0.25, -0.2) is 0 Å². The number of carbonyl (C=O) groups excluding carboxylic acids is 1. The molecule has 23 heavy (non-hydrogen) atoms. The van der Waals surface area contributed by atoms with Crippen molar-refractivity contribution >= 4 is 12.0 Å². The second kappa shape index (κ2) is 6.03. The summed E-state index contributed by atoms with van der Waals surface area (Å²) in [5.74, 6) is 4.23. The van der Waals surface area contributed by atoms with Crippen LogP contribution in [-0.2, 0) is 4.79 Å². The summed E-state index contributed by atoms with van der Waals surface area (Å²) in [5, 5.41) is 3.30. The van der Waals surface area contributed by atoms with Crippen LogP contribution in [0.15, 0.2) is 30.3 Å². The maximum atomic E-state index is 12.3. The standard InChI is InChI=1S/C20H25NO2/c1-23-18-5-2-13(3-6-18)4-7-19(22)21-20-16-9-14-8-15(11-16)12-17(20)10-14/h2-7,14-17,20H,8-12H2,1H3,(H,21,22)/b7-4+. The van der Waals surface area contributed by atoms with Crippen LogP contribution in [0, 0.1) is 23.7 Å². The van der Waals surface area contributed by atoms with Gasteiger partial charge >= 0.3 is 0 Å². The Kier molecular flexibility index (Phi) is 3.88. The lowest BCUT2D eigenvalue weighted by Crippen LogP contribution is -2.55. The maximum absolute atomic E-state index is 12.3. The number of amides is 1. The number of carbonyl (C=O) groups is 1. The molecule has 4 saturated carbocycles. The maximum Gasteiger partial charge on any atom is 0.244 e. The highest BCUT2D eigenvalue weighted by Crippen LogP contribution is 2.53. The van der Waals surface area contributed by atoms with Crippen molar-refractivity contribution in [2.75, 3.05) is 7.11 Å². The van der Waals surface area contributed by atoms with E-state index in [0.717, 1.165) is 35.0 Å². The number of hydrogen-bond donors (Lipinski definition) is 1. The van der Waals surface area contributed by atoms with Gasteiger partial charge in [0.2, 0.25) is 5.91 Å². The summed E-state index contributed by atoms with van der Waals surface area (Å²) in [5.41, 5.74) is 1.02. The summed E-state index contributed by atoms with van der Waals surface area (Å²) in [4.78, 5) is 12.3. The van der Waals surface area contributed by atoms with Gasteiger partial charge in [-0.15, -0.1) is 0 Å². The van der Waals surface area contributed by atoms with Crippen LogP contribution in [-0.4, -0.2) is 19.1 Å². The van der Waals surface area contributed by atoms with Crippen molar-refractivity contribution in [3.05, 3.63) is 35.9 Å². The van der Waals surface area contributed by atoms with Crippen LogP contribution < -0.4 is 10.1 Å². The molecule has 4 aliphatic carbocycles. The fourth-order valence-corrected chi connectivity index (χ4v) is 5.26. The molecule has 0 aliphatic heterocycles. The van der Waals surface area contributed by atoms with Crippen molar-refractivity contribution in [1.82, 2.24) is 5.32 Å². The van der Waals surface area contributed by atoms with Crippen molar-refractivity contribution in [3.63, 3.8) is 0 Å². The highest BCUT2D eigenvalue weighted by Gasteiger charge is 2.48. The lowest BCUT2D eigenvalue weighted by atomic mass is 9.54. The number of rotatable bonds is 4. The van der Waals surface area contributed by atoms with Crippen molar-refractivity contribution < 1.29 is 9.53 Å². The van der Waals surface area contributed by atoms with E-state index in [1.54, 1.807) is 13.2 Å². The molecule has 1 aromatic rings. The molecule has 4 bridgehead atoms. The molecule has 1 N–H and O–H groups in total. The number of benzene rings is 1. The molecule has 5 rings (SSSR count). The zero-order valence-corrected chi connectivity index (χ0v) is 13.7. The monoisotopic (exact) mass is 311 g/mol. The summed E-state index contributed by atoms with van der Waals surface area (Å²) in [6, 6.07) is 8.16. The Balaban J connectivity index is 1.37. The first-order valence-electron chi connectivity index (χ1n) is 8.84. The largest absolute Gasteiger partial charge is 0.497 e. The molecular formula is C20H25NO2. The average molecular weight is 311 g/mol. The number of methoxy groups -OCH3 is 1. The van der Waals surface area contributed by atoms with Crippen molar-refractivity contribution in [2.45, 2.75) is 38.1 Å². The first kappa shape index (κ1) is 14.8. The summed E-state index contributed by atoms with van der Waals surface area (Å²) in [6.07, 6.45) is 10.3. The Hall–Kier alpha value is -1.77. The van der Waals surface area contributed by atoms with Crippen LogP contribution in [0.25, 0.3) is 6.08 Å². The Morgan fingerprint density at radius 2 is 1.65 bits per heavy atom. The van der Waals surface area contributed by atoms with E-state index in [1.807, 2.05) is 30.3 Å². The van der Waals surface area contributed by atoms with Gasteiger partial charge in [0.15, 0.2) is 0 Å². The quantitative estimate of drug-likeness (QED) is 0.862. The van der Waals surface area contributed by atoms with Crippen LogP contribution in [0.1, 0.15) is 37.7 Å². The zero-order valence-electron chi connectivity index (χ0n) is 13.7. The van der Waals surface area contributed by atoms with Gasteiger partial charge in [-0.3, -0.25) is 4.79 Å². The fraction of sp³-hybridized carbons (Fsp3) is 0.550. The van der Waals surface area contributed by atoms with Crippen molar-refractivity contribution in [3.8, 4) is 5.75 Å². The van der Waals surface area contributed by atoms with Crippen LogP contribution in [0.5, 0.6) is 5.75 Å². The average Bonchev–Trinajstić information content (AvgIpc) is 2.56. The molecule has 122 valence electrons. The number of ether oxygens (including phenoxy) is 1. The fourth-order valence-electron chi connectivity index (χ4n) is 5.26. The Morgan fingerprint density at radius 3 is 2.22 bits per heavy atom. The molecule has 3 heteroatoms. The number of nitrogens with one attached hydrogen (secondary N) is 1. The highest BCUT2D eigenvalue weighted by molar-refractivity contribution is 5.92.